The number of halogens is 3. The van der Waals surface area contributed by atoms with Gasteiger partial charge in [-0.3, -0.25) is 9.88 Å². The summed E-state index contributed by atoms with van der Waals surface area (Å²) in [6.45, 7) is 4.95. The zero-order chi connectivity index (χ0) is 23.5. The van der Waals surface area contributed by atoms with Crippen LogP contribution >= 0.6 is 0 Å². The minimum atomic E-state index is -4.79. The van der Waals surface area contributed by atoms with E-state index in [1.54, 1.807) is 24.5 Å². The van der Waals surface area contributed by atoms with Crippen molar-refractivity contribution < 1.29 is 22.6 Å². The van der Waals surface area contributed by atoms with Crippen LogP contribution in [-0.4, -0.2) is 76.6 Å². The summed E-state index contributed by atoms with van der Waals surface area (Å²) in [6, 6.07) is 8.12. The Balaban J connectivity index is 1.38. The van der Waals surface area contributed by atoms with Crippen LogP contribution < -0.4 is 15.0 Å². The fourth-order valence-electron chi connectivity index (χ4n) is 3.91. The van der Waals surface area contributed by atoms with Crippen molar-refractivity contribution in [1.82, 2.24) is 24.8 Å². The first-order valence-corrected chi connectivity index (χ1v) is 10.8. The number of nitrogens with one attached hydrogen (secondary N) is 1. The zero-order valence-corrected chi connectivity index (χ0v) is 18.1. The molecular formula is C22H22F3N7O2. The summed E-state index contributed by atoms with van der Waals surface area (Å²) in [7, 11) is 0. The maximum atomic E-state index is 12.6. The van der Waals surface area contributed by atoms with Crippen molar-refractivity contribution >= 4 is 17.5 Å². The molecule has 12 heteroatoms. The minimum absolute atomic E-state index is 0.165. The Morgan fingerprint density at radius 1 is 1.03 bits per heavy atom. The van der Waals surface area contributed by atoms with Crippen LogP contribution in [-0.2, 0) is 4.74 Å². The summed E-state index contributed by atoms with van der Waals surface area (Å²) in [5, 5.41) is 2.97. The summed E-state index contributed by atoms with van der Waals surface area (Å²) < 4.78 is 47.2. The van der Waals surface area contributed by atoms with E-state index in [2.05, 4.69) is 34.8 Å². The number of pyridine rings is 2. The summed E-state index contributed by atoms with van der Waals surface area (Å²) >= 11 is 0. The lowest BCUT2D eigenvalue weighted by Crippen LogP contribution is -2.61. The van der Waals surface area contributed by atoms with Gasteiger partial charge in [0.15, 0.2) is 5.82 Å². The van der Waals surface area contributed by atoms with E-state index < -0.39 is 6.36 Å². The third-order valence-corrected chi connectivity index (χ3v) is 5.60. The Morgan fingerprint density at radius 3 is 2.59 bits per heavy atom. The summed E-state index contributed by atoms with van der Waals surface area (Å²) in [4.78, 5) is 22.0. The molecule has 0 unspecified atom stereocenters. The van der Waals surface area contributed by atoms with Gasteiger partial charge >= 0.3 is 6.36 Å². The molecule has 34 heavy (non-hydrogen) atoms. The second-order valence-electron chi connectivity index (χ2n) is 7.93. The van der Waals surface area contributed by atoms with Gasteiger partial charge in [-0.15, -0.1) is 13.2 Å². The maximum absolute atomic E-state index is 12.6. The molecule has 178 valence electrons. The lowest BCUT2D eigenvalue weighted by molar-refractivity contribution is -0.274. The van der Waals surface area contributed by atoms with Crippen LogP contribution in [0.25, 0.3) is 11.4 Å². The Morgan fingerprint density at radius 2 is 1.85 bits per heavy atom. The van der Waals surface area contributed by atoms with Crippen molar-refractivity contribution in [2.45, 2.75) is 12.4 Å². The molecule has 5 heterocycles. The number of anilines is 3. The second kappa shape index (κ2) is 9.39. The lowest BCUT2D eigenvalue weighted by Gasteiger charge is -2.47. The minimum Gasteiger partial charge on any atom is -0.406 e. The van der Waals surface area contributed by atoms with Crippen LogP contribution in [0.4, 0.5) is 30.6 Å². The topological polar surface area (TPSA) is 88.5 Å². The average molecular weight is 473 g/mol. The quantitative estimate of drug-likeness (QED) is 0.580. The van der Waals surface area contributed by atoms with Gasteiger partial charge in [0, 0.05) is 68.5 Å². The number of alkyl halides is 3. The highest BCUT2D eigenvalue weighted by molar-refractivity contribution is 5.65. The van der Waals surface area contributed by atoms with Gasteiger partial charge in [0.25, 0.3) is 0 Å². The van der Waals surface area contributed by atoms with Gasteiger partial charge in [0.1, 0.15) is 23.2 Å². The van der Waals surface area contributed by atoms with Gasteiger partial charge in [-0.2, -0.15) is 0 Å². The number of ether oxygens (including phenoxy) is 2. The summed E-state index contributed by atoms with van der Waals surface area (Å²) in [6.07, 6.45) is -0.241. The fourth-order valence-corrected chi connectivity index (χ4v) is 3.91. The van der Waals surface area contributed by atoms with Gasteiger partial charge in [-0.25, -0.2) is 15.0 Å². The third-order valence-electron chi connectivity index (χ3n) is 5.60. The predicted octanol–water partition coefficient (Wildman–Crippen LogP) is 3.10. The molecule has 3 aromatic rings. The highest BCUT2D eigenvalue weighted by atomic mass is 19.4. The fraction of sp³-hybridized carbons (Fsp3) is 0.364. The van der Waals surface area contributed by atoms with Gasteiger partial charge in [0.05, 0.1) is 13.2 Å². The van der Waals surface area contributed by atoms with Crippen molar-refractivity contribution in [3.05, 3.63) is 48.9 Å². The van der Waals surface area contributed by atoms with Crippen LogP contribution in [0.1, 0.15) is 0 Å². The van der Waals surface area contributed by atoms with Crippen LogP contribution in [0.15, 0.2) is 48.9 Å². The van der Waals surface area contributed by atoms with Crippen molar-refractivity contribution in [1.29, 1.82) is 0 Å². The maximum Gasteiger partial charge on any atom is 0.573 e. The SMILES string of the molecule is FC(F)(F)Oc1ccnc(Nc2cc(N3CC(N4CCOCC4)C3)nc(-c3cccnc3)n2)c1. The predicted molar refractivity (Wildman–Crippen MR) is 118 cm³/mol. The Bertz CT molecular complexity index is 1120. The van der Waals surface area contributed by atoms with E-state index >= 15 is 0 Å². The molecule has 0 aliphatic carbocycles. The molecule has 2 saturated heterocycles. The molecule has 2 aliphatic rings. The Labute approximate surface area is 193 Å². The first-order valence-electron chi connectivity index (χ1n) is 10.8. The second-order valence-corrected chi connectivity index (χ2v) is 7.93. The molecule has 0 saturated carbocycles. The smallest absolute Gasteiger partial charge is 0.406 e. The van der Waals surface area contributed by atoms with Gasteiger partial charge in [-0.1, -0.05) is 0 Å². The standard InChI is InChI=1S/C22H22F3N7O2/c23-22(24,25)34-17-3-5-27-18(10-17)28-19-11-20(30-21(29-19)15-2-1-4-26-12-15)32-13-16(14-32)31-6-8-33-9-7-31/h1-5,10-12,16H,6-9,13-14H2,(H,27,28,29,30). The lowest BCUT2D eigenvalue weighted by atomic mass is 10.1. The summed E-state index contributed by atoms with van der Waals surface area (Å²) in [5.41, 5.74) is 0.722. The van der Waals surface area contributed by atoms with E-state index in [-0.39, 0.29) is 11.6 Å². The molecule has 0 spiro atoms. The average Bonchev–Trinajstić information content (AvgIpc) is 2.78. The molecule has 0 amide bonds. The first-order chi connectivity index (χ1) is 16.4. The Kier molecular flexibility index (Phi) is 6.16. The molecule has 5 rings (SSSR count). The summed E-state index contributed by atoms with van der Waals surface area (Å²) in [5.74, 6) is 1.35. The van der Waals surface area contributed by atoms with Crippen molar-refractivity contribution in [2.75, 3.05) is 49.6 Å². The number of hydrogen-bond acceptors (Lipinski definition) is 9. The molecule has 0 atom stereocenters. The molecule has 3 aromatic heterocycles. The van der Waals surface area contributed by atoms with E-state index in [1.807, 2.05) is 6.07 Å². The molecule has 2 fully saturated rings. The number of morpholine rings is 1. The monoisotopic (exact) mass is 473 g/mol. The molecule has 0 radical (unpaired) electrons. The zero-order valence-electron chi connectivity index (χ0n) is 18.1. The van der Waals surface area contributed by atoms with Crippen molar-refractivity contribution in [3.8, 4) is 17.1 Å². The van der Waals surface area contributed by atoms with E-state index in [0.29, 0.717) is 23.5 Å². The number of aromatic nitrogens is 4. The third kappa shape index (κ3) is 5.34. The number of rotatable bonds is 6. The van der Waals surface area contributed by atoms with Crippen LogP contribution in [0.5, 0.6) is 5.75 Å². The van der Waals surface area contributed by atoms with E-state index in [4.69, 9.17) is 9.72 Å². The molecule has 2 aliphatic heterocycles. The van der Waals surface area contributed by atoms with Crippen molar-refractivity contribution in [3.63, 3.8) is 0 Å². The highest BCUT2D eigenvalue weighted by Crippen LogP contribution is 2.29. The van der Waals surface area contributed by atoms with Crippen LogP contribution in [0, 0.1) is 0 Å². The first kappa shape index (κ1) is 22.3. The largest absolute Gasteiger partial charge is 0.573 e. The molecule has 0 bridgehead atoms. The van der Waals surface area contributed by atoms with Gasteiger partial charge in [-0.05, 0) is 18.2 Å². The Hall–Kier alpha value is -3.51. The molecular weight excluding hydrogens is 451 g/mol. The number of nitrogens with zero attached hydrogens (tertiary/aromatic N) is 6. The molecule has 1 N–H and O–H groups in total. The van der Waals surface area contributed by atoms with Gasteiger partial charge < -0.3 is 19.7 Å². The normalized spacial score (nSPS) is 17.3. The molecule has 0 aromatic carbocycles. The van der Waals surface area contributed by atoms with E-state index in [9.17, 15) is 13.2 Å². The number of hydrogen-bond donors (Lipinski definition) is 1. The molecule has 9 nitrogen and oxygen atoms in total. The van der Waals surface area contributed by atoms with E-state index in [0.717, 1.165) is 57.1 Å². The van der Waals surface area contributed by atoms with Gasteiger partial charge in [0.2, 0.25) is 0 Å². The van der Waals surface area contributed by atoms with Crippen LogP contribution in [0.2, 0.25) is 0 Å². The van der Waals surface area contributed by atoms with Crippen molar-refractivity contribution in [2.24, 2.45) is 0 Å². The highest BCUT2D eigenvalue weighted by Gasteiger charge is 2.34. The van der Waals surface area contributed by atoms with E-state index in [1.165, 1.54) is 6.20 Å². The van der Waals surface area contributed by atoms with Crippen LogP contribution in [0.3, 0.4) is 0 Å².